The lowest BCUT2D eigenvalue weighted by Gasteiger charge is -2.11. The van der Waals surface area contributed by atoms with Crippen LogP contribution in [0.4, 0.5) is 10.1 Å². The molecule has 0 saturated carbocycles. The van der Waals surface area contributed by atoms with Crippen molar-refractivity contribution >= 4 is 17.5 Å². The highest BCUT2D eigenvalue weighted by atomic mass is 19.1. The van der Waals surface area contributed by atoms with E-state index in [0.29, 0.717) is 23.7 Å². The number of rotatable bonds is 10. The molecular weight excluding hydrogens is 383 g/mol. The smallest absolute Gasteiger partial charge is 0.251 e. The molecule has 0 saturated heterocycles. The van der Waals surface area contributed by atoms with Gasteiger partial charge in [0.05, 0.1) is 27.4 Å². The van der Waals surface area contributed by atoms with E-state index in [-0.39, 0.29) is 24.6 Å². The lowest BCUT2D eigenvalue weighted by atomic mass is 10.2. The van der Waals surface area contributed by atoms with Crippen molar-refractivity contribution in [1.29, 1.82) is 0 Å². The summed E-state index contributed by atoms with van der Waals surface area (Å²) in [5.41, 5.74) is 0.547. The van der Waals surface area contributed by atoms with E-state index in [9.17, 15) is 14.0 Å². The standard InChI is InChI=1S/C20H23FN2O6/c1-26-8-9-29-16-7-5-14(11-15(16)21)23-19(24)12-22-20(25)13-4-6-17(27-2)18(10-13)28-3/h4-7,10-11H,8-9,12H2,1-3H3,(H,22,25)(H,23,24). The molecule has 0 radical (unpaired) electrons. The van der Waals surface area contributed by atoms with Crippen LogP contribution in [0.5, 0.6) is 17.2 Å². The highest BCUT2D eigenvalue weighted by Gasteiger charge is 2.13. The van der Waals surface area contributed by atoms with Crippen LogP contribution < -0.4 is 24.8 Å². The van der Waals surface area contributed by atoms with Crippen molar-refractivity contribution in [2.45, 2.75) is 0 Å². The molecule has 2 aromatic carbocycles. The van der Waals surface area contributed by atoms with E-state index < -0.39 is 17.6 Å². The number of carbonyl (C=O) groups is 2. The van der Waals surface area contributed by atoms with E-state index in [1.807, 2.05) is 0 Å². The molecule has 0 spiro atoms. The van der Waals surface area contributed by atoms with Crippen LogP contribution in [0, 0.1) is 5.82 Å². The SMILES string of the molecule is COCCOc1ccc(NC(=O)CNC(=O)c2ccc(OC)c(OC)c2)cc1F. The van der Waals surface area contributed by atoms with Gasteiger partial charge >= 0.3 is 0 Å². The predicted molar refractivity (Wildman–Crippen MR) is 104 cm³/mol. The van der Waals surface area contributed by atoms with Crippen LogP contribution in [0.2, 0.25) is 0 Å². The molecule has 156 valence electrons. The number of carbonyl (C=O) groups excluding carboxylic acids is 2. The number of nitrogens with one attached hydrogen (secondary N) is 2. The van der Waals surface area contributed by atoms with Gasteiger partial charge in [-0.15, -0.1) is 0 Å². The fourth-order valence-electron chi connectivity index (χ4n) is 2.38. The molecule has 0 heterocycles. The Morgan fingerprint density at radius 3 is 2.31 bits per heavy atom. The third kappa shape index (κ3) is 6.35. The summed E-state index contributed by atoms with van der Waals surface area (Å²) in [6, 6.07) is 8.68. The first-order valence-corrected chi connectivity index (χ1v) is 8.69. The lowest BCUT2D eigenvalue weighted by Crippen LogP contribution is -2.32. The highest BCUT2D eigenvalue weighted by Crippen LogP contribution is 2.27. The van der Waals surface area contributed by atoms with Crippen LogP contribution in [-0.2, 0) is 9.53 Å². The molecule has 2 amide bonds. The van der Waals surface area contributed by atoms with Gasteiger partial charge in [0, 0.05) is 24.4 Å². The third-order valence-electron chi connectivity index (χ3n) is 3.82. The Bertz CT molecular complexity index is 859. The molecule has 9 heteroatoms. The highest BCUT2D eigenvalue weighted by molar-refractivity contribution is 5.99. The Hall–Kier alpha value is -3.33. The Morgan fingerprint density at radius 2 is 1.66 bits per heavy atom. The van der Waals surface area contributed by atoms with Gasteiger partial charge < -0.3 is 29.6 Å². The molecule has 0 aliphatic rings. The van der Waals surface area contributed by atoms with E-state index in [2.05, 4.69) is 10.6 Å². The van der Waals surface area contributed by atoms with Crippen molar-refractivity contribution in [3.63, 3.8) is 0 Å². The van der Waals surface area contributed by atoms with Crippen molar-refractivity contribution in [2.75, 3.05) is 46.4 Å². The minimum absolute atomic E-state index is 0.0572. The van der Waals surface area contributed by atoms with E-state index in [1.54, 1.807) is 12.1 Å². The number of amides is 2. The molecule has 2 rings (SSSR count). The van der Waals surface area contributed by atoms with E-state index in [0.717, 1.165) is 6.07 Å². The number of ether oxygens (including phenoxy) is 4. The number of hydrogen-bond donors (Lipinski definition) is 2. The van der Waals surface area contributed by atoms with Gasteiger partial charge in [0.15, 0.2) is 23.1 Å². The van der Waals surface area contributed by atoms with Crippen LogP contribution in [0.15, 0.2) is 36.4 Å². The van der Waals surface area contributed by atoms with E-state index in [1.165, 1.54) is 39.5 Å². The van der Waals surface area contributed by atoms with Gasteiger partial charge in [-0.1, -0.05) is 0 Å². The fourth-order valence-corrected chi connectivity index (χ4v) is 2.38. The molecule has 0 aliphatic heterocycles. The lowest BCUT2D eigenvalue weighted by molar-refractivity contribution is -0.115. The van der Waals surface area contributed by atoms with Crippen molar-refractivity contribution in [1.82, 2.24) is 5.32 Å². The molecule has 0 fully saturated rings. The first-order chi connectivity index (χ1) is 14.0. The molecule has 2 aromatic rings. The van der Waals surface area contributed by atoms with E-state index >= 15 is 0 Å². The topological polar surface area (TPSA) is 95.1 Å². The molecule has 0 atom stereocenters. The normalized spacial score (nSPS) is 10.2. The van der Waals surface area contributed by atoms with Crippen molar-refractivity contribution in [3.8, 4) is 17.2 Å². The predicted octanol–water partition coefficient (Wildman–Crippen LogP) is 2.24. The van der Waals surface area contributed by atoms with Gasteiger partial charge in [-0.05, 0) is 30.3 Å². The summed E-state index contributed by atoms with van der Waals surface area (Å²) in [5, 5.41) is 4.99. The summed E-state index contributed by atoms with van der Waals surface area (Å²) in [5.74, 6) is -0.651. The second kappa shape index (κ2) is 10.9. The molecule has 29 heavy (non-hydrogen) atoms. The summed E-state index contributed by atoms with van der Waals surface area (Å²) >= 11 is 0. The van der Waals surface area contributed by atoms with Crippen molar-refractivity contribution in [3.05, 3.63) is 47.8 Å². The molecule has 0 aromatic heterocycles. The van der Waals surface area contributed by atoms with Crippen LogP contribution in [0.1, 0.15) is 10.4 Å². The number of methoxy groups -OCH3 is 3. The Balaban J connectivity index is 1.89. The molecule has 0 bridgehead atoms. The third-order valence-corrected chi connectivity index (χ3v) is 3.82. The number of anilines is 1. The molecule has 2 N–H and O–H groups in total. The van der Waals surface area contributed by atoms with Gasteiger partial charge in [-0.3, -0.25) is 9.59 Å². The number of hydrogen-bond acceptors (Lipinski definition) is 6. The monoisotopic (exact) mass is 406 g/mol. The Kier molecular flexibility index (Phi) is 8.23. The maximum atomic E-state index is 14.0. The van der Waals surface area contributed by atoms with Gasteiger partial charge in [0.2, 0.25) is 5.91 Å². The summed E-state index contributed by atoms with van der Waals surface area (Å²) < 4.78 is 34.3. The zero-order chi connectivity index (χ0) is 21.2. The van der Waals surface area contributed by atoms with Crippen LogP contribution >= 0.6 is 0 Å². The first kappa shape index (κ1) is 22.0. The molecule has 0 aliphatic carbocycles. The number of benzene rings is 2. The maximum Gasteiger partial charge on any atom is 0.251 e. The average Bonchev–Trinajstić information content (AvgIpc) is 2.73. The number of halogens is 1. The molecule has 8 nitrogen and oxygen atoms in total. The second-order valence-electron chi connectivity index (χ2n) is 5.79. The van der Waals surface area contributed by atoms with Crippen molar-refractivity contribution in [2.24, 2.45) is 0 Å². The fraction of sp³-hybridized carbons (Fsp3) is 0.300. The van der Waals surface area contributed by atoms with Crippen molar-refractivity contribution < 1.29 is 32.9 Å². The van der Waals surface area contributed by atoms with Crippen LogP contribution in [0.25, 0.3) is 0 Å². The average molecular weight is 406 g/mol. The Labute approximate surface area is 167 Å². The summed E-state index contributed by atoms with van der Waals surface area (Å²) in [7, 11) is 4.46. The summed E-state index contributed by atoms with van der Waals surface area (Å²) in [6.45, 7) is 0.250. The van der Waals surface area contributed by atoms with Gasteiger partial charge in [-0.2, -0.15) is 0 Å². The Morgan fingerprint density at radius 1 is 0.931 bits per heavy atom. The molecular formula is C20H23FN2O6. The zero-order valence-corrected chi connectivity index (χ0v) is 16.4. The summed E-state index contributed by atoms with van der Waals surface area (Å²) in [6.07, 6.45) is 0. The van der Waals surface area contributed by atoms with Crippen LogP contribution in [0.3, 0.4) is 0 Å². The quantitative estimate of drug-likeness (QED) is 0.588. The van der Waals surface area contributed by atoms with Gasteiger partial charge in [-0.25, -0.2) is 4.39 Å². The molecule has 0 unspecified atom stereocenters. The van der Waals surface area contributed by atoms with E-state index in [4.69, 9.17) is 18.9 Å². The summed E-state index contributed by atoms with van der Waals surface area (Å²) in [4.78, 5) is 24.3. The van der Waals surface area contributed by atoms with Gasteiger partial charge in [0.1, 0.15) is 6.61 Å². The largest absolute Gasteiger partial charge is 0.493 e. The minimum Gasteiger partial charge on any atom is -0.493 e. The minimum atomic E-state index is -0.617. The maximum absolute atomic E-state index is 14.0. The zero-order valence-electron chi connectivity index (χ0n) is 16.4. The first-order valence-electron chi connectivity index (χ1n) is 8.69. The second-order valence-corrected chi connectivity index (χ2v) is 5.79. The van der Waals surface area contributed by atoms with Gasteiger partial charge in [0.25, 0.3) is 5.91 Å². The van der Waals surface area contributed by atoms with Crippen LogP contribution in [-0.4, -0.2) is 52.9 Å².